The van der Waals surface area contributed by atoms with Crippen LogP contribution in [0.15, 0.2) is 41.6 Å². The molecule has 0 fully saturated rings. The number of benzene rings is 1. The number of carbonyl (C=O) groups is 1. The molecule has 2 rings (SSSR count). The summed E-state index contributed by atoms with van der Waals surface area (Å²) in [4.78, 5) is 15.8. The summed E-state index contributed by atoms with van der Waals surface area (Å²) in [5.41, 5.74) is 4.22. The van der Waals surface area contributed by atoms with Gasteiger partial charge in [-0.15, -0.1) is 0 Å². The minimum Gasteiger partial charge on any atom is -0.267 e. The van der Waals surface area contributed by atoms with Crippen LogP contribution in [0.1, 0.15) is 21.6 Å². The van der Waals surface area contributed by atoms with Gasteiger partial charge in [0.05, 0.1) is 21.8 Å². The number of aromatic nitrogens is 1. The van der Waals surface area contributed by atoms with E-state index in [2.05, 4.69) is 15.5 Å². The molecular formula is C14H11Cl2N3O. The first-order valence-corrected chi connectivity index (χ1v) is 6.53. The number of nitrogens with one attached hydrogen (secondary N) is 1. The molecular weight excluding hydrogens is 297 g/mol. The highest BCUT2D eigenvalue weighted by Gasteiger charge is 2.05. The van der Waals surface area contributed by atoms with Crippen LogP contribution in [0.3, 0.4) is 0 Å². The van der Waals surface area contributed by atoms with Gasteiger partial charge in [0.2, 0.25) is 0 Å². The summed E-state index contributed by atoms with van der Waals surface area (Å²) in [6.45, 7) is 1.85. The topological polar surface area (TPSA) is 54.4 Å². The molecule has 20 heavy (non-hydrogen) atoms. The quantitative estimate of drug-likeness (QED) is 0.697. The third-order valence-corrected chi connectivity index (χ3v) is 3.19. The van der Waals surface area contributed by atoms with E-state index in [9.17, 15) is 4.79 Å². The molecule has 0 unspecified atom stereocenters. The third-order valence-electron chi connectivity index (χ3n) is 2.53. The fourth-order valence-corrected chi connectivity index (χ4v) is 1.95. The summed E-state index contributed by atoms with van der Waals surface area (Å²) in [6, 6.07) is 8.55. The van der Waals surface area contributed by atoms with Crippen molar-refractivity contribution in [2.24, 2.45) is 5.10 Å². The molecule has 0 aliphatic rings. The van der Waals surface area contributed by atoms with Crippen LogP contribution in [0.25, 0.3) is 0 Å². The normalized spacial score (nSPS) is 10.8. The van der Waals surface area contributed by atoms with Crippen molar-refractivity contribution in [2.45, 2.75) is 6.92 Å². The van der Waals surface area contributed by atoms with Gasteiger partial charge >= 0.3 is 0 Å². The van der Waals surface area contributed by atoms with Crippen LogP contribution < -0.4 is 5.43 Å². The first-order valence-electron chi connectivity index (χ1n) is 5.78. The number of carbonyl (C=O) groups excluding carboxylic acids is 1. The second-order valence-corrected chi connectivity index (χ2v) is 4.84. The minimum absolute atomic E-state index is 0.350. The molecule has 1 aromatic carbocycles. The number of aryl methyl sites for hydroxylation is 1. The van der Waals surface area contributed by atoms with Gasteiger partial charge in [0, 0.05) is 17.5 Å². The van der Waals surface area contributed by atoms with E-state index in [1.54, 1.807) is 30.3 Å². The van der Waals surface area contributed by atoms with Gasteiger partial charge in [0.1, 0.15) is 0 Å². The Labute approximate surface area is 126 Å². The zero-order chi connectivity index (χ0) is 14.5. The van der Waals surface area contributed by atoms with Crippen molar-refractivity contribution in [3.63, 3.8) is 0 Å². The van der Waals surface area contributed by atoms with Crippen LogP contribution in [0.5, 0.6) is 0 Å². The van der Waals surface area contributed by atoms with E-state index in [1.165, 1.54) is 12.4 Å². The fourth-order valence-electron chi connectivity index (χ4n) is 1.46. The number of hydrogen-bond donors (Lipinski definition) is 1. The number of nitrogens with zero attached hydrogens (tertiary/aromatic N) is 2. The van der Waals surface area contributed by atoms with Gasteiger partial charge in [-0.05, 0) is 31.2 Å². The van der Waals surface area contributed by atoms with E-state index in [4.69, 9.17) is 23.2 Å². The summed E-state index contributed by atoms with van der Waals surface area (Å²) in [7, 11) is 0. The average molecular weight is 308 g/mol. The van der Waals surface area contributed by atoms with E-state index in [0.29, 0.717) is 21.2 Å². The Hall–Kier alpha value is -1.91. The molecule has 0 aliphatic carbocycles. The standard InChI is InChI=1S/C14H11Cl2N3O/c1-9-5-6-10(7-17-9)14(20)19-18-8-11-12(15)3-2-4-13(11)16/h2-8H,1H3,(H,19,20). The van der Waals surface area contributed by atoms with Gasteiger partial charge in [0.15, 0.2) is 0 Å². The first-order chi connectivity index (χ1) is 9.58. The lowest BCUT2D eigenvalue weighted by molar-refractivity contribution is 0.0955. The molecule has 1 amide bonds. The molecule has 0 spiro atoms. The highest BCUT2D eigenvalue weighted by Crippen LogP contribution is 2.21. The lowest BCUT2D eigenvalue weighted by atomic mass is 10.2. The number of rotatable bonds is 3. The van der Waals surface area contributed by atoms with E-state index >= 15 is 0 Å². The number of halogens is 2. The van der Waals surface area contributed by atoms with Crippen molar-refractivity contribution >= 4 is 35.3 Å². The zero-order valence-corrected chi connectivity index (χ0v) is 12.1. The number of hydrogen-bond acceptors (Lipinski definition) is 3. The van der Waals surface area contributed by atoms with Gasteiger partial charge in [0.25, 0.3) is 5.91 Å². The minimum atomic E-state index is -0.350. The fraction of sp³-hybridized carbons (Fsp3) is 0.0714. The molecule has 6 heteroatoms. The molecule has 1 aromatic heterocycles. The van der Waals surface area contributed by atoms with Crippen LogP contribution in [-0.2, 0) is 0 Å². The summed E-state index contributed by atoms with van der Waals surface area (Å²) in [6.07, 6.45) is 2.90. The zero-order valence-electron chi connectivity index (χ0n) is 10.6. The number of amides is 1. The summed E-state index contributed by atoms with van der Waals surface area (Å²) in [5.74, 6) is -0.350. The van der Waals surface area contributed by atoms with Crippen LogP contribution in [0.2, 0.25) is 10.0 Å². The molecule has 0 saturated heterocycles. The monoisotopic (exact) mass is 307 g/mol. The lowest BCUT2D eigenvalue weighted by Crippen LogP contribution is -2.17. The molecule has 102 valence electrons. The van der Waals surface area contributed by atoms with Gasteiger partial charge in [-0.1, -0.05) is 29.3 Å². The van der Waals surface area contributed by atoms with Crippen molar-refractivity contribution < 1.29 is 4.79 Å². The highest BCUT2D eigenvalue weighted by atomic mass is 35.5. The van der Waals surface area contributed by atoms with Crippen LogP contribution in [-0.4, -0.2) is 17.1 Å². The maximum absolute atomic E-state index is 11.8. The van der Waals surface area contributed by atoms with Crippen LogP contribution in [0, 0.1) is 6.92 Å². The average Bonchev–Trinajstić information content (AvgIpc) is 2.42. The SMILES string of the molecule is Cc1ccc(C(=O)NN=Cc2c(Cl)cccc2Cl)cn1. The van der Waals surface area contributed by atoms with E-state index < -0.39 is 0 Å². The van der Waals surface area contributed by atoms with Gasteiger partial charge in [-0.2, -0.15) is 5.10 Å². The lowest BCUT2D eigenvalue weighted by Gasteiger charge is -2.02. The van der Waals surface area contributed by atoms with Crippen LogP contribution >= 0.6 is 23.2 Å². The smallest absolute Gasteiger partial charge is 0.267 e. The Morgan fingerprint density at radius 3 is 2.55 bits per heavy atom. The Kier molecular flexibility index (Phi) is 4.71. The second kappa shape index (κ2) is 6.50. The first kappa shape index (κ1) is 14.5. The molecule has 1 N–H and O–H groups in total. The van der Waals surface area contributed by atoms with E-state index in [0.717, 1.165) is 5.69 Å². The molecule has 0 saturated carbocycles. The molecule has 2 aromatic rings. The van der Waals surface area contributed by atoms with Crippen molar-refractivity contribution in [1.82, 2.24) is 10.4 Å². The van der Waals surface area contributed by atoms with Crippen molar-refractivity contribution in [2.75, 3.05) is 0 Å². The van der Waals surface area contributed by atoms with Crippen LogP contribution in [0.4, 0.5) is 0 Å². The number of pyridine rings is 1. The Morgan fingerprint density at radius 1 is 1.25 bits per heavy atom. The maximum atomic E-state index is 11.8. The molecule has 4 nitrogen and oxygen atoms in total. The second-order valence-electron chi connectivity index (χ2n) is 4.02. The van der Waals surface area contributed by atoms with E-state index in [1.807, 2.05) is 6.92 Å². The van der Waals surface area contributed by atoms with Crippen molar-refractivity contribution in [3.05, 3.63) is 63.4 Å². The predicted octanol–water partition coefficient (Wildman–Crippen LogP) is 3.46. The Balaban J connectivity index is 2.06. The molecule has 0 radical (unpaired) electrons. The summed E-state index contributed by atoms with van der Waals surface area (Å²) < 4.78 is 0. The van der Waals surface area contributed by atoms with Gasteiger partial charge < -0.3 is 0 Å². The largest absolute Gasteiger partial charge is 0.272 e. The highest BCUT2D eigenvalue weighted by molar-refractivity contribution is 6.38. The van der Waals surface area contributed by atoms with Gasteiger partial charge in [-0.25, -0.2) is 5.43 Å². The molecule has 0 atom stereocenters. The molecule has 0 bridgehead atoms. The predicted molar refractivity (Wildman–Crippen MR) is 80.5 cm³/mol. The van der Waals surface area contributed by atoms with Crippen molar-refractivity contribution in [3.8, 4) is 0 Å². The Morgan fingerprint density at radius 2 is 1.95 bits per heavy atom. The molecule has 1 heterocycles. The Bertz CT molecular complexity index is 634. The van der Waals surface area contributed by atoms with Gasteiger partial charge in [-0.3, -0.25) is 9.78 Å². The summed E-state index contributed by atoms with van der Waals surface area (Å²) >= 11 is 12.0. The van der Waals surface area contributed by atoms with Crippen molar-refractivity contribution in [1.29, 1.82) is 0 Å². The summed E-state index contributed by atoms with van der Waals surface area (Å²) in [5, 5.41) is 4.77. The number of hydrazone groups is 1. The third kappa shape index (κ3) is 3.56. The van der Waals surface area contributed by atoms with E-state index in [-0.39, 0.29) is 5.91 Å². The molecule has 0 aliphatic heterocycles. The maximum Gasteiger partial charge on any atom is 0.272 e.